The lowest BCUT2D eigenvalue weighted by Gasteiger charge is -2.35. The summed E-state index contributed by atoms with van der Waals surface area (Å²) in [7, 11) is 0. The van der Waals surface area contributed by atoms with E-state index in [0.29, 0.717) is 5.82 Å². The molecule has 1 spiro atoms. The molecular formula is C59H38N2. The van der Waals surface area contributed by atoms with Crippen LogP contribution in [-0.2, 0) is 5.41 Å². The summed E-state index contributed by atoms with van der Waals surface area (Å²) in [6.45, 7) is 0. The molecule has 9 aromatic carbocycles. The summed E-state index contributed by atoms with van der Waals surface area (Å²) in [5.74, 6) is 0.691. The molecule has 0 radical (unpaired) electrons. The van der Waals surface area contributed by atoms with Crippen molar-refractivity contribution >= 4 is 0 Å². The lowest BCUT2D eigenvalue weighted by atomic mass is 9.66. The van der Waals surface area contributed by atoms with Gasteiger partial charge in [-0.15, -0.1) is 0 Å². The van der Waals surface area contributed by atoms with Gasteiger partial charge in [-0.25, -0.2) is 9.97 Å². The first kappa shape index (κ1) is 35.0. The van der Waals surface area contributed by atoms with Crippen molar-refractivity contribution in [3.05, 3.63) is 253 Å². The van der Waals surface area contributed by atoms with Crippen LogP contribution in [0.5, 0.6) is 0 Å². The number of fused-ring (bicyclic) bond motifs is 12. The summed E-state index contributed by atoms with van der Waals surface area (Å²) >= 11 is 0. The molecule has 0 saturated carbocycles. The number of rotatable bonds is 5. The van der Waals surface area contributed by atoms with Crippen LogP contribution < -0.4 is 0 Å². The van der Waals surface area contributed by atoms with Gasteiger partial charge in [0.05, 0.1) is 16.8 Å². The molecule has 0 fully saturated rings. The number of hydrogen-bond acceptors (Lipinski definition) is 2. The molecule has 1 aromatic heterocycles. The summed E-state index contributed by atoms with van der Waals surface area (Å²) in [5, 5.41) is 0. The largest absolute Gasteiger partial charge is 0.228 e. The van der Waals surface area contributed by atoms with Crippen LogP contribution in [0.4, 0.5) is 0 Å². The van der Waals surface area contributed by atoms with Gasteiger partial charge in [-0.05, 0) is 90.0 Å². The maximum absolute atomic E-state index is 5.51. The summed E-state index contributed by atoms with van der Waals surface area (Å²) < 4.78 is 0. The molecule has 2 nitrogen and oxygen atoms in total. The molecule has 0 amide bonds. The molecule has 61 heavy (non-hydrogen) atoms. The number of benzene rings is 9. The lowest BCUT2D eigenvalue weighted by Crippen LogP contribution is -2.29. The summed E-state index contributed by atoms with van der Waals surface area (Å²) in [4.78, 5) is 10.9. The Balaban J connectivity index is 1.12. The van der Waals surface area contributed by atoms with Crippen molar-refractivity contribution in [2.45, 2.75) is 5.41 Å². The maximum Gasteiger partial charge on any atom is 0.160 e. The van der Waals surface area contributed by atoms with E-state index in [-0.39, 0.29) is 0 Å². The lowest BCUT2D eigenvalue weighted by molar-refractivity contribution is 0.775. The molecule has 1 heterocycles. The van der Waals surface area contributed by atoms with E-state index in [4.69, 9.17) is 9.97 Å². The van der Waals surface area contributed by atoms with Gasteiger partial charge in [0.15, 0.2) is 5.82 Å². The zero-order chi connectivity index (χ0) is 40.3. The molecule has 0 saturated heterocycles. The molecule has 2 heteroatoms. The first-order valence-corrected chi connectivity index (χ1v) is 21.0. The highest BCUT2D eigenvalue weighted by atomic mass is 14.9. The van der Waals surface area contributed by atoms with Crippen molar-refractivity contribution < 1.29 is 0 Å². The molecule has 2 aliphatic carbocycles. The number of aromatic nitrogens is 2. The van der Waals surface area contributed by atoms with Crippen LogP contribution in [0.3, 0.4) is 0 Å². The van der Waals surface area contributed by atoms with E-state index in [1.54, 1.807) is 0 Å². The van der Waals surface area contributed by atoms with Crippen molar-refractivity contribution in [3.63, 3.8) is 0 Å². The molecule has 0 N–H and O–H groups in total. The molecular weight excluding hydrogens is 737 g/mol. The van der Waals surface area contributed by atoms with E-state index in [1.807, 2.05) is 0 Å². The van der Waals surface area contributed by atoms with Crippen LogP contribution >= 0.6 is 0 Å². The smallest absolute Gasteiger partial charge is 0.160 e. The van der Waals surface area contributed by atoms with Crippen molar-refractivity contribution in [2.24, 2.45) is 0 Å². The van der Waals surface area contributed by atoms with E-state index < -0.39 is 5.41 Å². The molecule has 0 bridgehead atoms. The highest BCUT2D eigenvalue weighted by Gasteiger charge is 2.50. The number of hydrogen-bond donors (Lipinski definition) is 0. The third-order valence-electron chi connectivity index (χ3n) is 12.8. The minimum absolute atomic E-state index is 0.579. The molecule has 0 aliphatic heterocycles. The Morgan fingerprint density at radius 1 is 0.246 bits per heavy atom. The van der Waals surface area contributed by atoms with Gasteiger partial charge in [0.2, 0.25) is 0 Å². The van der Waals surface area contributed by atoms with Crippen LogP contribution in [0.1, 0.15) is 22.3 Å². The monoisotopic (exact) mass is 774 g/mol. The normalized spacial score (nSPS) is 12.7. The van der Waals surface area contributed by atoms with E-state index >= 15 is 0 Å². The highest BCUT2D eigenvalue weighted by Crippen LogP contribution is 2.62. The fourth-order valence-electron chi connectivity index (χ4n) is 10.1. The van der Waals surface area contributed by atoms with E-state index in [9.17, 15) is 0 Å². The fraction of sp³-hybridized carbons (Fsp3) is 0.0169. The van der Waals surface area contributed by atoms with E-state index in [2.05, 4.69) is 231 Å². The molecule has 10 aromatic rings. The molecule has 0 atom stereocenters. The van der Waals surface area contributed by atoms with Gasteiger partial charge in [-0.3, -0.25) is 0 Å². The van der Waals surface area contributed by atoms with Crippen LogP contribution in [0.2, 0.25) is 0 Å². The second kappa shape index (κ2) is 14.1. The zero-order valence-corrected chi connectivity index (χ0v) is 33.3. The Morgan fingerprint density at radius 2 is 0.656 bits per heavy atom. The highest BCUT2D eigenvalue weighted by molar-refractivity contribution is 6.00. The third-order valence-corrected chi connectivity index (χ3v) is 12.8. The molecule has 12 rings (SSSR count). The predicted molar refractivity (Wildman–Crippen MR) is 251 cm³/mol. The van der Waals surface area contributed by atoms with E-state index in [1.165, 1.54) is 66.8 Å². The average Bonchev–Trinajstić information content (AvgIpc) is 3.59. The predicted octanol–water partition coefficient (Wildman–Crippen LogP) is 14.8. The Kier molecular flexibility index (Phi) is 8.11. The van der Waals surface area contributed by atoms with Crippen LogP contribution in [-0.4, -0.2) is 9.97 Å². The molecule has 0 unspecified atom stereocenters. The minimum Gasteiger partial charge on any atom is -0.228 e. The van der Waals surface area contributed by atoms with Crippen molar-refractivity contribution in [1.82, 2.24) is 9.97 Å². The van der Waals surface area contributed by atoms with Crippen molar-refractivity contribution in [2.75, 3.05) is 0 Å². The first-order valence-electron chi connectivity index (χ1n) is 21.0. The standard InChI is InChI=1S/C59H38N2/c1-3-17-39(18-4-1)41-33-35-42(36-34-41)55-38-56(61-58(60-55)44-22-15-21-43(37-44)40-19-5-2-6-20-40)50-28-16-32-54-57(50)49-27-11-14-31-53(49)59(54)51-29-12-9-25-47(51)45-23-7-8-24-46(45)48-26-10-13-30-52(48)59/h1-38H. The van der Waals surface area contributed by atoms with E-state index in [0.717, 1.165) is 39.2 Å². The van der Waals surface area contributed by atoms with Crippen LogP contribution in [0.15, 0.2) is 231 Å². The SMILES string of the molecule is c1ccc(-c2ccc(-c3cc(-c4cccc5c4-c4ccccc4C54c5ccccc5-c5ccccc5-c5ccccc54)nc(-c4cccc(-c5ccccc5)c4)n3)cc2)cc1. The summed E-state index contributed by atoms with van der Waals surface area (Å²) in [6.07, 6.45) is 0. The first-order chi connectivity index (χ1) is 30.3. The average molecular weight is 775 g/mol. The second-order valence-electron chi connectivity index (χ2n) is 16.0. The third kappa shape index (κ3) is 5.50. The quantitative estimate of drug-likeness (QED) is 0.174. The van der Waals surface area contributed by atoms with Crippen LogP contribution in [0, 0.1) is 0 Å². The second-order valence-corrected chi connectivity index (χ2v) is 16.0. The van der Waals surface area contributed by atoms with Gasteiger partial charge in [-0.2, -0.15) is 0 Å². The Hall–Kier alpha value is -7.94. The van der Waals surface area contributed by atoms with Gasteiger partial charge in [-0.1, -0.05) is 218 Å². The summed E-state index contributed by atoms with van der Waals surface area (Å²) in [5.41, 5.74) is 21.5. The van der Waals surface area contributed by atoms with Gasteiger partial charge >= 0.3 is 0 Å². The Labute approximate surface area is 356 Å². The minimum atomic E-state index is -0.579. The number of nitrogens with zero attached hydrogens (tertiary/aromatic N) is 2. The fourth-order valence-corrected chi connectivity index (χ4v) is 10.1. The topological polar surface area (TPSA) is 25.8 Å². The zero-order valence-electron chi connectivity index (χ0n) is 33.3. The van der Waals surface area contributed by atoms with Crippen LogP contribution in [0.25, 0.3) is 89.5 Å². The van der Waals surface area contributed by atoms with Gasteiger partial charge in [0, 0.05) is 16.7 Å². The Morgan fingerprint density at radius 3 is 1.30 bits per heavy atom. The maximum atomic E-state index is 5.51. The Bertz CT molecular complexity index is 3230. The summed E-state index contributed by atoms with van der Waals surface area (Å²) in [6, 6.07) is 83.5. The van der Waals surface area contributed by atoms with Crippen molar-refractivity contribution in [1.29, 1.82) is 0 Å². The van der Waals surface area contributed by atoms with Crippen molar-refractivity contribution in [3.8, 4) is 89.5 Å². The molecule has 284 valence electrons. The van der Waals surface area contributed by atoms with Gasteiger partial charge in [0.1, 0.15) is 0 Å². The molecule has 2 aliphatic rings. The van der Waals surface area contributed by atoms with Gasteiger partial charge < -0.3 is 0 Å². The van der Waals surface area contributed by atoms with Gasteiger partial charge in [0.25, 0.3) is 0 Å².